The first-order chi connectivity index (χ1) is 17.6. The number of ether oxygens (including phenoxy) is 4. The number of rotatable bonds is 13. The van der Waals surface area contributed by atoms with Crippen LogP contribution in [0.15, 0.2) is 36.4 Å². The van der Waals surface area contributed by atoms with Gasteiger partial charge in [-0.15, -0.1) is 0 Å². The summed E-state index contributed by atoms with van der Waals surface area (Å²) in [4.78, 5) is 10.6. The van der Waals surface area contributed by atoms with Crippen LogP contribution in [0.5, 0.6) is 23.0 Å². The molecule has 0 N–H and O–H groups in total. The highest BCUT2D eigenvalue weighted by Crippen LogP contribution is 2.40. The molecule has 2 aromatic rings. The van der Waals surface area contributed by atoms with Gasteiger partial charge in [0.1, 0.15) is 0 Å². The molecule has 0 aliphatic heterocycles. The lowest BCUT2D eigenvalue weighted by atomic mass is 9.69. The van der Waals surface area contributed by atoms with Crippen molar-refractivity contribution >= 4 is 0 Å². The van der Waals surface area contributed by atoms with Crippen molar-refractivity contribution in [3.05, 3.63) is 62.8 Å². The SMILES string of the molecule is COc1ccc(CCN(C)CCC[C@](C#N)(c2ccc(OC)c(OC)c2)C(C)C)cc1OC.O=[N+]([O-])[O-]. The highest BCUT2D eigenvalue weighted by atomic mass is 16.9. The minimum atomic E-state index is -1.75. The van der Waals surface area contributed by atoms with E-state index in [1.165, 1.54) is 5.56 Å². The summed E-state index contributed by atoms with van der Waals surface area (Å²) >= 11 is 0. The summed E-state index contributed by atoms with van der Waals surface area (Å²) in [5, 5.41) is 25.0. The molecule has 2 aromatic carbocycles. The average Bonchev–Trinajstić information content (AvgIpc) is 2.88. The number of hydrogen-bond donors (Lipinski definition) is 0. The first kappa shape index (κ1) is 31.3. The minimum absolute atomic E-state index is 0.165. The van der Waals surface area contributed by atoms with Crippen LogP contribution in [-0.4, -0.2) is 58.6 Å². The fourth-order valence-electron chi connectivity index (χ4n) is 4.23. The van der Waals surface area contributed by atoms with Crippen LogP contribution in [0.3, 0.4) is 0 Å². The van der Waals surface area contributed by atoms with Gasteiger partial charge in [0, 0.05) is 6.54 Å². The summed E-state index contributed by atoms with van der Waals surface area (Å²) in [7, 11) is 8.67. The molecule has 0 fully saturated rings. The summed E-state index contributed by atoms with van der Waals surface area (Å²) in [6, 6.07) is 14.5. The zero-order valence-corrected chi connectivity index (χ0v) is 22.8. The Morgan fingerprint density at radius 1 is 0.919 bits per heavy atom. The van der Waals surface area contributed by atoms with Gasteiger partial charge < -0.3 is 39.2 Å². The predicted octanol–water partition coefficient (Wildman–Crippen LogP) is 4.85. The summed E-state index contributed by atoms with van der Waals surface area (Å²) in [6.45, 7) is 6.06. The largest absolute Gasteiger partial charge is 0.493 e. The number of benzene rings is 2. The average molecular weight is 517 g/mol. The van der Waals surface area contributed by atoms with E-state index in [1.54, 1.807) is 28.4 Å². The van der Waals surface area contributed by atoms with Gasteiger partial charge in [-0.1, -0.05) is 26.0 Å². The lowest BCUT2D eigenvalue weighted by Gasteiger charge is -2.32. The molecule has 0 spiro atoms. The van der Waals surface area contributed by atoms with Gasteiger partial charge in [0.05, 0.1) is 45.0 Å². The van der Waals surface area contributed by atoms with E-state index in [0.29, 0.717) is 11.5 Å². The van der Waals surface area contributed by atoms with E-state index in [4.69, 9.17) is 34.3 Å². The van der Waals surface area contributed by atoms with Crippen LogP contribution < -0.4 is 18.9 Å². The molecule has 0 heterocycles. The minimum Gasteiger partial charge on any atom is -0.493 e. The molecule has 204 valence electrons. The van der Waals surface area contributed by atoms with Crippen LogP contribution in [-0.2, 0) is 11.8 Å². The Balaban J connectivity index is 0.00000159. The molecule has 0 aliphatic rings. The number of nitrogens with zero attached hydrogens (tertiary/aromatic N) is 3. The second-order valence-corrected chi connectivity index (χ2v) is 8.88. The Kier molecular flexibility index (Phi) is 13.0. The third-order valence-electron chi connectivity index (χ3n) is 6.42. The monoisotopic (exact) mass is 516 g/mol. The molecule has 0 amide bonds. The molecule has 0 aromatic heterocycles. The van der Waals surface area contributed by atoms with Crippen LogP contribution in [0.25, 0.3) is 0 Å². The van der Waals surface area contributed by atoms with Crippen LogP contribution in [0.4, 0.5) is 0 Å². The molecular weight excluding hydrogens is 478 g/mol. The maximum Gasteiger partial charge on any atom is 0.161 e. The summed E-state index contributed by atoms with van der Waals surface area (Å²) in [5.41, 5.74) is 1.60. The highest BCUT2D eigenvalue weighted by molar-refractivity contribution is 5.47. The number of likely N-dealkylation sites (N-methyl/N-ethyl adjacent to an activating group) is 1. The lowest BCUT2D eigenvalue weighted by Crippen LogP contribution is -2.32. The van der Waals surface area contributed by atoms with Crippen molar-refractivity contribution in [2.24, 2.45) is 5.92 Å². The Bertz CT molecular complexity index is 1040. The number of nitriles is 1. The highest BCUT2D eigenvalue weighted by Gasteiger charge is 2.36. The molecule has 0 bridgehead atoms. The smallest absolute Gasteiger partial charge is 0.161 e. The van der Waals surface area contributed by atoms with Crippen molar-refractivity contribution in [1.29, 1.82) is 5.26 Å². The zero-order valence-electron chi connectivity index (χ0n) is 22.8. The lowest BCUT2D eigenvalue weighted by molar-refractivity contribution is -0.402. The van der Waals surface area contributed by atoms with Gasteiger partial charge in [-0.3, -0.25) is 0 Å². The van der Waals surface area contributed by atoms with Crippen molar-refractivity contribution in [2.75, 3.05) is 48.6 Å². The normalized spacial score (nSPS) is 12.1. The Hall–Kier alpha value is -3.71. The molecule has 2 rings (SSSR count). The van der Waals surface area contributed by atoms with Crippen LogP contribution in [0.1, 0.15) is 37.8 Å². The first-order valence-electron chi connectivity index (χ1n) is 11.9. The van der Waals surface area contributed by atoms with Crippen LogP contribution >= 0.6 is 0 Å². The van der Waals surface area contributed by atoms with Crippen molar-refractivity contribution in [2.45, 2.75) is 38.5 Å². The standard InChI is InChI=1S/C27H38N2O4.NO3/c1-20(2)27(19-28,22-10-12-24(31-5)26(18-22)33-7)14-8-15-29(3)16-13-21-9-11-23(30-4)25(17-21)32-6;2-1(3)4/h9-12,17-18,20H,8,13-16H2,1-7H3;/q;-1/t27-;/m1./s1. The third-order valence-corrected chi connectivity index (χ3v) is 6.42. The Morgan fingerprint density at radius 2 is 1.43 bits per heavy atom. The van der Waals surface area contributed by atoms with Crippen molar-refractivity contribution in [3.8, 4) is 29.1 Å². The van der Waals surface area contributed by atoms with Gasteiger partial charge in [-0.05, 0) is 74.2 Å². The molecule has 0 unspecified atom stereocenters. The Morgan fingerprint density at radius 3 is 1.92 bits per heavy atom. The molecule has 0 radical (unpaired) electrons. The van der Waals surface area contributed by atoms with Gasteiger partial charge in [0.25, 0.3) is 0 Å². The second-order valence-electron chi connectivity index (χ2n) is 8.88. The Labute approximate surface area is 219 Å². The van der Waals surface area contributed by atoms with Crippen molar-refractivity contribution in [3.63, 3.8) is 0 Å². The fourth-order valence-corrected chi connectivity index (χ4v) is 4.23. The molecule has 0 saturated carbocycles. The fraction of sp³-hybridized carbons (Fsp3) is 0.519. The molecular formula is C27H38N3O7-. The van der Waals surface area contributed by atoms with E-state index in [0.717, 1.165) is 49.4 Å². The third kappa shape index (κ3) is 9.03. The maximum absolute atomic E-state index is 10.2. The summed E-state index contributed by atoms with van der Waals surface area (Å²) in [6.07, 6.45) is 2.61. The van der Waals surface area contributed by atoms with E-state index < -0.39 is 10.5 Å². The summed E-state index contributed by atoms with van der Waals surface area (Å²) in [5.74, 6) is 2.99. The number of hydrogen-bond acceptors (Lipinski definition) is 9. The predicted molar refractivity (Wildman–Crippen MR) is 142 cm³/mol. The summed E-state index contributed by atoms with van der Waals surface area (Å²) < 4.78 is 21.6. The quantitative estimate of drug-likeness (QED) is 0.271. The molecule has 10 nitrogen and oxygen atoms in total. The molecule has 37 heavy (non-hydrogen) atoms. The van der Waals surface area contributed by atoms with E-state index in [-0.39, 0.29) is 5.92 Å². The molecule has 1 atom stereocenters. The van der Waals surface area contributed by atoms with Crippen molar-refractivity contribution < 1.29 is 24.0 Å². The zero-order chi connectivity index (χ0) is 28.0. The topological polar surface area (TPSA) is 130 Å². The second kappa shape index (κ2) is 15.4. The van der Waals surface area contributed by atoms with Gasteiger partial charge in [0.2, 0.25) is 0 Å². The van der Waals surface area contributed by atoms with Gasteiger partial charge in [-0.25, -0.2) is 0 Å². The van der Waals surface area contributed by atoms with E-state index in [1.807, 2.05) is 30.3 Å². The van der Waals surface area contributed by atoms with E-state index >= 15 is 0 Å². The maximum atomic E-state index is 10.2. The number of methoxy groups -OCH3 is 4. The van der Waals surface area contributed by atoms with Crippen molar-refractivity contribution in [1.82, 2.24) is 4.90 Å². The van der Waals surface area contributed by atoms with E-state index in [2.05, 4.69) is 37.9 Å². The van der Waals surface area contributed by atoms with Gasteiger partial charge in [0.15, 0.2) is 23.0 Å². The van der Waals surface area contributed by atoms with Gasteiger partial charge in [-0.2, -0.15) is 5.26 Å². The van der Waals surface area contributed by atoms with Gasteiger partial charge >= 0.3 is 0 Å². The molecule has 0 saturated heterocycles. The van der Waals surface area contributed by atoms with E-state index in [9.17, 15) is 5.26 Å². The van der Waals surface area contributed by atoms with Crippen LogP contribution in [0, 0.1) is 32.6 Å². The first-order valence-corrected chi connectivity index (χ1v) is 11.9. The molecule has 10 heteroatoms. The van der Waals surface area contributed by atoms with Crippen LogP contribution in [0.2, 0.25) is 0 Å². The molecule has 0 aliphatic carbocycles.